The van der Waals surface area contributed by atoms with Crippen LogP contribution >= 0.6 is 11.6 Å². The highest BCUT2D eigenvalue weighted by molar-refractivity contribution is 6.31. The first-order chi connectivity index (χ1) is 20.9. The number of aromatic nitrogens is 2. The van der Waals surface area contributed by atoms with Crippen molar-refractivity contribution < 1.29 is 32.8 Å². The van der Waals surface area contributed by atoms with E-state index >= 15 is 8.78 Å². The van der Waals surface area contributed by atoms with E-state index in [0.29, 0.717) is 11.3 Å². The summed E-state index contributed by atoms with van der Waals surface area (Å²) in [7, 11) is 1.08. The minimum absolute atomic E-state index is 0.0753. The van der Waals surface area contributed by atoms with Gasteiger partial charge in [0.15, 0.2) is 5.82 Å². The van der Waals surface area contributed by atoms with Crippen LogP contribution in [-0.2, 0) is 14.3 Å². The van der Waals surface area contributed by atoms with Gasteiger partial charge in [0.1, 0.15) is 28.2 Å². The van der Waals surface area contributed by atoms with Crippen LogP contribution in [0.1, 0.15) is 58.7 Å². The highest BCUT2D eigenvalue weighted by Gasteiger charge is 2.45. The lowest BCUT2D eigenvalue weighted by molar-refractivity contribution is -0.385. The molecule has 1 amide bonds. The van der Waals surface area contributed by atoms with Crippen molar-refractivity contribution >= 4 is 45.9 Å². The van der Waals surface area contributed by atoms with Crippen molar-refractivity contribution in [3.05, 3.63) is 66.7 Å². The monoisotopic (exact) mass is 649 g/mol. The quantitative estimate of drug-likeness (QED) is 0.149. The zero-order valence-corrected chi connectivity index (χ0v) is 26.9. The van der Waals surface area contributed by atoms with Crippen LogP contribution in [0.4, 0.5) is 25.0 Å². The Bertz CT molecular complexity index is 1770. The summed E-state index contributed by atoms with van der Waals surface area (Å²) in [6.45, 7) is 11.1. The Balaban J connectivity index is 2.14. The number of fused-ring (bicyclic) bond motifs is 1. The first kappa shape index (κ1) is 33.6. The van der Waals surface area contributed by atoms with Gasteiger partial charge in [0.2, 0.25) is 0 Å². The molecular formula is C30H34ClF2N5O7. The zero-order valence-electron chi connectivity index (χ0n) is 26.1. The van der Waals surface area contributed by atoms with Gasteiger partial charge in [-0.3, -0.25) is 24.5 Å². The van der Waals surface area contributed by atoms with Crippen LogP contribution < -0.4 is 10.5 Å². The van der Waals surface area contributed by atoms with E-state index in [4.69, 9.17) is 21.1 Å². The van der Waals surface area contributed by atoms with Crippen LogP contribution in [-0.4, -0.2) is 69.3 Å². The Labute approximate surface area is 262 Å². The number of halogens is 3. The van der Waals surface area contributed by atoms with Gasteiger partial charge in [-0.1, -0.05) is 25.4 Å². The molecule has 0 unspecified atom stereocenters. The standard InChI is InChI=1S/C30H34ClF2N5O7/c1-14(2)22-23(15(3)9-10-34-22)37-24-17(11-18(32)20(31)21(24)33)25(26(27(37)39)38(42)43)36-12-16(4)35(13-19(36)28(40)44-8)29(41)45-30(5,6)7/h9-11,14,16,19H,12-13H2,1-8H3/t16-,19-/m1/s1. The molecule has 3 aromatic rings. The fraction of sp³-hybridized carbons (Fsp3) is 0.467. The summed E-state index contributed by atoms with van der Waals surface area (Å²) < 4.78 is 42.6. The van der Waals surface area contributed by atoms with E-state index < -0.39 is 79.2 Å². The number of carbonyl (C=O) groups is 2. The average Bonchev–Trinajstić information content (AvgIpc) is 2.94. The lowest BCUT2D eigenvalue weighted by Crippen LogP contribution is -2.62. The SMILES string of the molecule is COC(=O)[C@H]1CN(C(=O)OC(C)(C)C)[C@H](C)CN1c1c([N+](=O)[O-])c(=O)n(-c2c(C)ccnc2C(C)C)c2c(F)c(Cl)c(F)cc12. The number of benzene rings is 1. The number of piperazine rings is 1. The van der Waals surface area contributed by atoms with Crippen LogP contribution in [0.25, 0.3) is 16.6 Å². The molecule has 1 saturated heterocycles. The third-order valence-corrected chi connectivity index (χ3v) is 7.83. The van der Waals surface area contributed by atoms with Crippen molar-refractivity contribution in [2.75, 3.05) is 25.1 Å². The summed E-state index contributed by atoms with van der Waals surface area (Å²) in [6.07, 6.45) is 0.732. The number of ether oxygens (including phenoxy) is 2. The second kappa shape index (κ2) is 12.2. The summed E-state index contributed by atoms with van der Waals surface area (Å²) in [4.78, 5) is 59.1. The molecule has 1 aliphatic rings. The van der Waals surface area contributed by atoms with E-state index in [1.165, 1.54) is 16.0 Å². The number of carbonyl (C=O) groups excluding carboxylic acids is 2. The number of hydrogen-bond donors (Lipinski definition) is 0. The van der Waals surface area contributed by atoms with Crippen molar-refractivity contribution in [2.45, 2.75) is 72.1 Å². The van der Waals surface area contributed by atoms with Gasteiger partial charge in [-0.2, -0.15) is 0 Å². The molecule has 1 aromatic carbocycles. The minimum atomic E-state index is -1.43. The van der Waals surface area contributed by atoms with Crippen LogP contribution in [0.3, 0.4) is 0 Å². The molecule has 0 N–H and O–H groups in total. The second-order valence-corrected chi connectivity index (χ2v) is 12.5. The van der Waals surface area contributed by atoms with Gasteiger partial charge < -0.3 is 19.3 Å². The molecular weight excluding hydrogens is 616 g/mol. The highest BCUT2D eigenvalue weighted by Crippen LogP contribution is 2.42. The van der Waals surface area contributed by atoms with E-state index in [1.54, 1.807) is 54.5 Å². The number of rotatable bonds is 5. The number of methoxy groups -OCH3 is 1. The molecule has 45 heavy (non-hydrogen) atoms. The van der Waals surface area contributed by atoms with Crippen molar-refractivity contribution in [3.63, 3.8) is 0 Å². The van der Waals surface area contributed by atoms with E-state index in [0.717, 1.165) is 17.7 Å². The number of amides is 1. The molecule has 4 rings (SSSR count). The minimum Gasteiger partial charge on any atom is -0.467 e. The average molecular weight is 650 g/mol. The maximum absolute atomic E-state index is 16.2. The number of nitrogens with zero attached hydrogens (tertiary/aromatic N) is 5. The van der Waals surface area contributed by atoms with Crippen LogP contribution in [0, 0.1) is 28.7 Å². The van der Waals surface area contributed by atoms with Gasteiger partial charge in [-0.25, -0.2) is 18.4 Å². The molecule has 15 heteroatoms. The van der Waals surface area contributed by atoms with Crippen molar-refractivity contribution in [1.82, 2.24) is 14.5 Å². The number of hydrogen-bond acceptors (Lipinski definition) is 9. The van der Waals surface area contributed by atoms with Crippen LogP contribution in [0.15, 0.2) is 23.1 Å². The normalized spacial score (nSPS) is 17.2. The smallest absolute Gasteiger partial charge is 0.410 e. The van der Waals surface area contributed by atoms with Gasteiger partial charge in [0, 0.05) is 24.2 Å². The molecule has 0 aliphatic carbocycles. The van der Waals surface area contributed by atoms with Gasteiger partial charge in [0.25, 0.3) is 0 Å². The summed E-state index contributed by atoms with van der Waals surface area (Å²) in [5.74, 6) is -3.82. The fourth-order valence-electron chi connectivity index (χ4n) is 5.51. The van der Waals surface area contributed by atoms with Gasteiger partial charge in [0.05, 0.1) is 35.5 Å². The Morgan fingerprint density at radius 2 is 1.84 bits per heavy atom. The lowest BCUT2D eigenvalue weighted by Gasteiger charge is -2.45. The topological polar surface area (TPSA) is 137 Å². The van der Waals surface area contributed by atoms with E-state index in [9.17, 15) is 24.5 Å². The third kappa shape index (κ3) is 6.02. The molecule has 1 fully saturated rings. The molecule has 0 saturated carbocycles. The predicted molar refractivity (Wildman–Crippen MR) is 163 cm³/mol. The Morgan fingerprint density at radius 3 is 2.40 bits per heavy atom. The van der Waals surface area contributed by atoms with Gasteiger partial charge in [-0.15, -0.1) is 0 Å². The summed E-state index contributed by atoms with van der Waals surface area (Å²) in [6, 6.07) is 0.170. The number of aryl methyl sites for hydroxylation is 1. The molecule has 2 aromatic heterocycles. The predicted octanol–water partition coefficient (Wildman–Crippen LogP) is 5.64. The largest absolute Gasteiger partial charge is 0.467 e. The molecule has 242 valence electrons. The Morgan fingerprint density at radius 1 is 1.20 bits per heavy atom. The molecule has 1 aliphatic heterocycles. The molecule has 0 spiro atoms. The Kier molecular flexibility index (Phi) is 9.11. The van der Waals surface area contributed by atoms with E-state index in [-0.39, 0.29) is 24.7 Å². The summed E-state index contributed by atoms with van der Waals surface area (Å²) in [5.41, 5.74) is -3.41. The number of pyridine rings is 2. The molecule has 0 radical (unpaired) electrons. The molecule has 0 bridgehead atoms. The summed E-state index contributed by atoms with van der Waals surface area (Å²) >= 11 is 6.02. The van der Waals surface area contributed by atoms with Crippen LogP contribution in [0.2, 0.25) is 5.02 Å². The first-order valence-electron chi connectivity index (χ1n) is 14.1. The molecule has 12 nitrogen and oxygen atoms in total. The third-order valence-electron chi connectivity index (χ3n) is 7.48. The van der Waals surface area contributed by atoms with Gasteiger partial charge >= 0.3 is 23.3 Å². The molecule has 2 atom stereocenters. The van der Waals surface area contributed by atoms with Crippen LogP contribution in [0.5, 0.6) is 0 Å². The summed E-state index contributed by atoms with van der Waals surface area (Å²) in [5, 5.41) is 11.4. The molecule has 3 heterocycles. The lowest BCUT2D eigenvalue weighted by atomic mass is 10.0. The number of esters is 1. The van der Waals surface area contributed by atoms with Gasteiger partial charge in [-0.05, 0) is 58.2 Å². The highest BCUT2D eigenvalue weighted by atomic mass is 35.5. The Hall–Kier alpha value is -4.33. The number of nitro groups is 1. The number of anilines is 1. The van der Waals surface area contributed by atoms with E-state index in [1.807, 2.05) is 0 Å². The first-order valence-corrected chi connectivity index (χ1v) is 14.5. The van der Waals surface area contributed by atoms with Crippen molar-refractivity contribution in [3.8, 4) is 5.69 Å². The van der Waals surface area contributed by atoms with E-state index in [2.05, 4.69) is 4.98 Å². The fourth-order valence-corrected chi connectivity index (χ4v) is 5.65. The van der Waals surface area contributed by atoms with Crippen molar-refractivity contribution in [2.24, 2.45) is 0 Å². The second-order valence-electron chi connectivity index (χ2n) is 12.2. The zero-order chi connectivity index (χ0) is 33.7. The maximum atomic E-state index is 16.2. The van der Waals surface area contributed by atoms with Crippen molar-refractivity contribution in [1.29, 1.82) is 0 Å². The maximum Gasteiger partial charge on any atom is 0.410 e.